The summed E-state index contributed by atoms with van der Waals surface area (Å²) >= 11 is -2.63. The zero-order valence-corrected chi connectivity index (χ0v) is 16.6. The van der Waals surface area contributed by atoms with Gasteiger partial charge < -0.3 is 0 Å². The van der Waals surface area contributed by atoms with Crippen molar-refractivity contribution >= 4 is 24.3 Å². The average molecular weight is 377 g/mol. The fourth-order valence-electron chi connectivity index (χ4n) is 3.08. The van der Waals surface area contributed by atoms with E-state index in [2.05, 4.69) is 20.8 Å². The van der Waals surface area contributed by atoms with Gasteiger partial charge in [0.15, 0.2) is 0 Å². The summed E-state index contributed by atoms with van der Waals surface area (Å²) in [6, 6.07) is 0. The van der Waals surface area contributed by atoms with E-state index >= 15 is 0 Å². The third-order valence-corrected chi connectivity index (χ3v) is 24.3. The van der Waals surface area contributed by atoms with Gasteiger partial charge in [-0.3, -0.25) is 0 Å². The number of carboxylic acids is 1. The number of rotatable bonds is 11. The average Bonchev–Trinajstić information content (AvgIpc) is 2.37. The fourth-order valence-corrected chi connectivity index (χ4v) is 20.7. The number of unbranched alkanes of at least 4 members (excludes halogenated alkanes) is 3. The van der Waals surface area contributed by atoms with Crippen LogP contribution in [0.1, 0.15) is 73.1 Å². The number of aliphatic carboxylic acids is 1. The van der Waals surface area contributed by atoms with Crippen molar-refractivity contribution in [3.8, 4) is 0 Å². The van der Waals surface area contributed by atoms with Crippen molar-refractivity contribution in [2.45, 2.75) is 89.9 Å². The molecule has 0 rings (SSSR count). The topological polar surface area (TPSA) is 37.3 Å². The second-order valence-corrected chi connectivity index (χ2v) is 21.7. The zero-order chi connectivity index (χ0) is 14.9. The summed E-state index contributed by atoms with van der Waals surface area (Å²) in [5.74, 6) is -0.536. The molecule has 0 aromatic carbocycles. The van der Waals surface area contributed by atoms with Gasteiger partial charge in [0.25, 0.3) is 0 Å². The molecule has 0 saturated heterocycles. The van der Waals surface area contributed by atoms with Crippen LogP contribution in [0.15, 0.2) is 0 Å². The van der Waals surface area contributed by atoms with Crippen LogP contribution in [0.2, 0.25) is 16.7 Å². The number of carboxylic acid groups (broad SMARTS) is 1. The number of carbonyl (C=O) groups is 1. The second-order valence-electron chi connectivity index (χ2n) is 6.52. The summed E-state index contributed by atoms with van der Waals surface area (Å²) in [4.78, 5) is 11.8. The van der Waals surface area contributed by atoms with Crippen LogP contribution in [0, 0.1) is 0 Å². The van der Waals surface area contributed by atoms with Crippen molar-refractivity contribution in [3.63, 3.8) is 0 Å². The van der Waals surface area contributed by atoms with Gasteiger partial charge in [-0.05, 0) is 0 Å². The summed E-state index contributed by atoms with van der Waals surface area (Å²) in [5, 5.41) is 9.73. The molecule has 0 heterocycles. The van der Waals surface area contributed by atoms with Gasteiger partial charge in [-0.1, -0.05) is 0 Å². The first-order valence-corrected chi connectivity index (χ1v) is 15.6. The first-order chi connectivity index (χ1) is 8.88. The molecule has 0 amide bonds. The van der Waals surface area contributed by atoms with E-state index in [9.17, 15) is 9.90 Å². The molecule has 0 fully saturated rings. The van der Waals surface area contributed by atoms with Gasteiger partial charge >= 0.3 is 124 Å². The zero-order valence-electron chi connectivity index (χ0n) is 13.7. The molecule has 0 saturated carbocycles. The minimum atomic E-state index is -2.63. The van der Waals surface area contributed by atoms with Crippen LogP contribution in [-0.2, 0) is 4.79 Å². The Balaban J connectivity index is 5.24. The summed E-state index contributed by atoms with van der Waals surface area (Å²) in [7, 11) is 0. The van der Waals surface area contributed by atoms with Crippen molar-refractivity contribution in [1.29, 1.82) is 0 Å². The van der Waals surface area contributed by atoms with Gasteiger partial charge in [-0.15, -0.1) is 0 Å². The van der Waals surface area contributed by atoms with Gasteiger partial charge in [-0.25, -0.2) is 0 Å². The van der Waals surface area contributed by atoms with Gasteiger partial charge in [0.05, 0.1) is 0 Å². The normalized spacial score (nSPS) is 12.7. The third-order valence-electron chi connectivity index (χ3n) is 4.89. The van der Waals surface area contributed by atoms with Crippen LogP contribution in [0.4, 0.5) is 0 Å². The summed E-state index contributed by atoms with van der Waals surface area (Å²) in [6.07, 6.45) is 7.31. The third kappa shape index (κ3) is 5.28. The quantitative estimate of drug-likeness (QED) is 0.469. The van der Waals surface area contributed by atoms with Crippen LogP contribution in [0.3, 0.4) is 0 Å². The Kier molecular flexibility index (Phi) is 9.38. The van der Waals surface area contributed by atoms with Crippen molar-refractivity contribution in [1.82, 2.24) is 0 Å². The minimum absolute atomic E-state index is 0.409. The van der Waals surface area contributed by atoms with Crippen molar-refractivity contribution in [2.24, 2.45) is 0 Å². The van der Waals surface area contributed by atoms with Crippen molar-refractivity contribution in [3.05, 3.63) is 0 Å². The Morgan fingerprint density at radius 1 is 0.895 bits per heavy atom. The molecule has 3 heteroatoms. The number of hydrogen-bond acceptors (Lipinski definition) is 1. The summed E-state index contributed by atoms with van der Waals surface area (Å²) in [6.45, 7) is 10.7. The van der Waals surface area contributed by atoms with E-state index in [0.29, 0.717) is 0 Å². The molecule has 2 nitrogen and oxygen atoms in total. The molecule has 0 spiro atoms. The van der Waals surface area contributed by atoms with Gasteiger partial charge in [-0.2, -0.15) is 0 Å². The predicted molar refractivity (Wildman–Crippen MR) is 86.6 cm³/mol. The fraction of sp³-hybridized carbons (Fsp3) is 0.938. The standard InChI is InChI=1S/C4H7O2.3C4H9.Sn/c1-3(2)4(5)6;3*1-3-4-2;/h1-2H3,(H,5,6);3*1,3-4H2,2H3;. The van der Waals surface area contributed by atoms with Crippen LogP contribution in [-0.4, -0.2) is 29.5 Å². The van der Waals surface area contributed by atoms with Crippen LogP contribution in [0.5, 0.6) is 0 Å². The van der Waals surface area contributed by atoms with E-state index in [0.717, 1.165) is 0 Å². The molecule has 0 radical (unpaired) electrons. The Hall–Kier alpha value is 0.269. The molecule has 0 aromatic heterocycles. The molecule has 0 aliphatic rings. The number of hydrogen-bond donors (Lipinski definition) is 1. The van der Waals surface area contributed by atoms with E-state index in [1.54, 1.807) is 0 Å². The maximum absolute atomic E-state index is 11.8. The first-order valence-electron chi connectivity index (χ1n) is 8.11. The molecular weight excluding hydrogens is 343 g/mol. The van der Waals surface area contributed by atoms with Crippen molar-refractivity contribution < 1.29 is 9.90 Å². The van der Waals surface area contributed by atoms with Crippen LogP contribution >= 0.6 is 0 Å². The van der Waals surface area contributed by atoms with E-state index in [-0.39, 0.29) is 0 Å². The van der Waals surface area contributed by atoms with Gasteiger partial charge in [0.1, 0.15) is 0 Å². The Morgan fingerprint density at radius 3 is 1.42 bits per heavy atom. The SMILES string of the molecule is CCC[CH2][Sn]([CH2]CCC)([CH2]CCC)[C](C)(C)C(=O)O. The van der Waals surface area contributed by atoms with Gasteiger partial charge in [0, 0.05) is 0 Å². The van der Waals surface area contributed by atoms with E-state index in [4.69, 9.17) is 0 Å². The molecule has 19 heavy (non-hydrogen) atoms. The van der Waals surface area contributed by atoms with Crippen LogP contribution in [0.25, 0.3) is 0 Å². The Bertz CT molecular complexity index is 240. The predicted octanol–water partition coefficient (Wildman–Crippen LogP) is 5.70. The van der Waals surface area contributed by atoms with E-state index in [1.165, 1.54) is 51.8 Å². The monoisotopic (exact) mass is 378 g/mol. The molecular formula is C16H34O2Sn. The molecule has 0 atom stereocenters. The molecule has 0 aliphatic heterocycles. The molecule has 114 valence electrons. The van der Waals surface area contributed by atoms with E-state index in [1.807, 2.05) is 13.8 Å². The van der Waals surface area contributed by atoms with Gasteiger partial charge in [0.2, 0.25) is 0 Å². The second kappa shape index (κ2) is 9.25. The molecule has 0 unspecified atom stereocenters. The maximum atomic E-state index is 11.8. The molecule has 1 N–H and O–H groups in total. The Morgan fingerprint density at radius 2 is 1.21 bits per heavy atom. The Labute approximate surface area is 124 Å². The molecule has 0 bridgehead atoms. The summed E-state index contributed by atoms with van der Waals surface area (Å²) in [5.41, 5.74) is 0. The van der Waals surface area contributed by atoms with E-state index < -0.39 is 27.8 Å². The summed E-state index contributed by atoms with van der Waals surface area (Å²) < 4.78 is 3.40. The van der Waals surface area contributed by atoms with Crippen molar-refractivity contribution in [2.75, 3.05) is 0 Å². The first kappa shape index (κ1) is 19.3. The molecule has 0 aliphatic carbocycles. The molecule has 0 aromatic rings. The van der Waals surface area contributed by atoms with Crippen LogP contribution < -0.4 is 0 Å².